The molecule has 0 spiro atoms. The van der Waals surface area contributed by atoms with Gasteiger partial charge in [0, 0.05) is 12.3 Å². The largest absolute Gasteiger partial charge is 0.299 e. The lowest BCUT2D eigenvalue weighted by Gasteiger charge is -2.40. The Morgan fingerprint density at radius 2 is 2.00 bits per heavy atom. The summed E-state index contributed by atoms with van der Waals surface area (Å²) in [6.45, 7) is 14.9. The predicted octanol–water partition coefficient (Wildman–Crippen LogP) is 4.37. The van der Waals surface area contributed by atoms with Gasteiger partial charge in [-0.2, -0.15) is 0 Å². The predicted molar refractivity (Wildman–Crippen MR) is 69.3 cm³/mol. The van der Waals surface area contributed by atoms with E-state index in [1.807, 2.05) is 0 Å². The maximum atomic E-state index is 12.4. The molecule has 1 unspecified atom stereocenters. The Morgan fingerprint density at radius 3 is 2.44 bits per heavy atom. The summed E-state index contributed by atoms with van der Waals surface area (Å²) in [6, 6.07) is 0. The first kappa shape index (κ1) is 13.5. The summed E-state index contributed by atoms with van der Waals surface area (Å²) in [6.07, 6.45) is 4.03. The maximum Gasteiger partial charge on any atom is 0.141 e. The highest BCUT2D eigenvalue weighted by atomic mass is 16.1. The first-order valence-corrected chi connectivity index (χ1v) is 6.34. The minimum Gasteiger partial charge on any atom is -0.299 e. The summed E-state index contributed by atoms with van der Waals surface area (Å²) < 4.78 is 0. The third-order valence-corrected chi connectivity index (χ3v) is 3.54. The van der Waals surface area contributed by atoms with Crippen molar-refractivity contribution in [2.45, 2.75) is 60.3 Å². The highest BCUT2D eigenvalue weighted by Crippen LogP contribution is 2.44. The van der Waals surface area contributed by atoms with E-state index in [-0.39, 0.29) is 16.7 Å². The van der Waals surface area contributed by atoms with Crippen molar-refractivity contribution in [1.29, 1.82) is 0 Å². The van der Waals surface area contributed by atoms with Crippen molar-refractivity contribution in [3.63, 3.8) is 0 Å². The van der Waals surface area contributed by atoms with E-state index in [1.54, 1.807) is 0 Å². The van der Waals surface area contributed by atoms with Gasteiger partial charge in [-0.25, -0.2) is 0 Å². The number of hydrogen-bond acceptors (Lipinski definition) is 1. The Hall–Kier alpha value is -0.590. The lowest BCUT2D eigenvalue weighted by atomic mass is 9.63. The number of hydrogen-bond donors (Lipinski definition) is 0. The van der Waals surface area contributed by atoms with E-state index in [1.165, 1.54) is 6.42 Å². The number of allylic oxidation sites excluding steroid dienone is 1. The van der Waals surface area contributed by atoms with Gasteiger partial charge in [0.05, 0.1) is 0 Å². The van der Waals surface area contributed by atoms with Gasteiger partial charge < -0.3 is 0 Å². The van der Waals surface area contributed by atoms with E-state index >= 15 is 0 Å². The molecule has 0 saturated heterocycles. The van der Waals surface area contributed by atoms with E-state index in [2.05, 4.69) is 41.2 Å². The van der Waals surface area contributed by atoms with Crippen LogP contribution in [0.15, 0.2) is 12.2 Å². The molecule has 0 heterocycles. The summed E-state index contributed by atoms with van der Waals surface area (Å²) in [5, 5.41) is 0. The van der Waals surface area contributed by atoms with Gasteiger partial charge in [-0.1, -0.05) is 46.8 Å². The standard InChI is InChI=1S/C15H26O/c1-11-8-7-9-15(5,6)13(11)12(16)10-14(2,3)4/h13H,1,7-10H2,2-6H3. The average molecular weight is 222 g/mol. The van der Waals surface area contributed by atoms with Crippen LogP contribution in [0, 0.1) is 16.7 Å². The van der Waals surface area contributed by atoms with Crippen molar-refractivity contribution >= 4 is 5.78 Å². The van der Waals surface area contributed by atoms with Gasteiger partial charge in [0.15, 0.2) is 0 Å². The molecule has 16 heavy (non-hydrogen) atoms. The molecular formula is C15H26O. The molecule has 1 atom stereocenters. The molecule has 0 N–H and O–H groups in total. The van der Waals surface area contributed by atoms with Gasteiger partial charge in [-0.05, 0) is 30.1 Å². The summed E-state index contributed by atoms with van der Waals surface area (Å²) in [5.41, 5.74) is 1.35. The van der Waals surface area contributed by atoms with Crippen LogP contribution in [0.1, 0.15) is 60.3 Å². The molecule has 1 fully saturated rings. The Morgan fingerprint density at radius 1 is 1.44 bits per heavy atom. The zero-order chi connectivity index (χ0) is 12.6. The minimum absolute atomic E-state index is 0.0838. The molecule has 1 heteroatoms. The third kappa shape index (κ3) is 3.20. The van der Waals surface area contributed by atoms with E-state index in [0.29, 0.717) is 12.2 Å². The molecule has 0 bridgehead atoms. The van der Waals surface area contributed by atoms with Crippen LogP contribution in [0.2, 0.25) is 0 Å². The topological polar surface area (TPSA) is 17.1 Å². The highest BCUT2D eigenvalue weighted by molar-refractivity contribution is 5.85. The highest BCUT2D eigenvalue weighted by Gasteiger charge is 2.39. The Balaban J connectivity index is 2.83. The summed E-state index contributed by atoms with van der Waals surface area (Å²) >= 11 is 0. The van der Waals surface area contributed by atoms with E-state index in [4.69, 9.17) is 0 Å². The molecule has 1 nitrogen and oxygen atoms in total. The van der Waals surface area contributed by atoms with Crippen LogP contribution >= 0.6 is 0 Å². The van der Waals surface area contributed by atoms with Crippen LogP contribution in [0.5, 0.6) is 0 Å². The number of carbonyl (C=O) groups excluding carboxylic acids is 1. The number of Topliss-reactive ketones (excluding diaryl/α,β-unsaturated/α-hetero) is 1. The molecule has 0 aromatic heterocycles. The van der Waals surface area contributed by atoms with E-state index < -0.39 is 0 Å². The lowest BCUT2D eigenvalue weighted by molar-refractivity contribution is -0.127. The molecule has 1 aliphatic rings. The second kappa shape index (κ2) is 4.35. The van der Waals surface area contributed by atoms with Crippen molar-refractivity contribution in [1.82, 2.24) is 0 Å². The Kier molecular flexibility index (Phi) is 3.66. The zero-order valence-electron chi connectivity index (χ0n) is 11.5. The van der Waals surface area contributed by atoms with Gasteiger partial charge in [-0.3, -0.25) is 4.79 Å². The SMILES string of the molecule is C=C1CCCC(C)(C)C1C(=O)CC(C)(C)C. The first-order chi connectivity index (χ1) is 7.13. The number of ketones is 1. The second-order valence-electron chi connectivity index (χ2n) is 7.14. The monoisotopic (exact) mass is 222 g/mol. The lowest BCUT2D eigenvalue weighted by Crippen LogP contribution is -2.37. The summed E-state index contributed by atoms with van der Waals surface area (Å²) in [4.78, 5) is 12.4. The second-order valence-corrected chi connectivity index (χ2v) is 7.14. The average Bonchev–Trinajstić information content (AvgIpc) is 1.97. The number of rotatable bonds is 2. The van der Waals surface area contributed by atoms with Crippen molar-refractivity contribution in [2.24, 2.45) is 16.7 Å². The van der Waals surface area contributed by atoms with Crippen LogP contribution < -0.4 is 0 Å². The summed E-state index contributed by atoms with van der Waals surface area (Å²) in [7, 11) is 0. The molecule has 0 radical (unpaired) electrons. The molecule has 0 aromatic carbocycles. The van der Waals surface area contributed by atoms with Gasteiger partial charge in [0.1, 0.15) is 5.78 Å². The van der Waals surface area contributed by atoms with Crippen LogP contribution in [0.3, 0.4) is 0 Å². The van der Waals surface area contributed by atoms with Crippen LogP contribution in [0.4, 0.5) is 0 Å². The fraction of sp³-hybridized carbons (Fsp3) is 0.800. The fourth-order valence-electron chi connectivity index (χ4n) is 2.90. The van der Waals surface area contributed by atoms with Crippen LogP contribution in [-0.4, -0.2) is 5.78 Å². The van der Waals surface area contributed by atoms with Gasteiger partial charge in [0.2, 0.25) is 0 Å². The van der Waals surface area contributed by atoms with E-state index in [0.717, 1.165) is 18.4 Å². The minimum atomic E-state index is 0.0838. The third-order valence-electron chi connectivity index (χ3n) is 3.54. The quantitative estimate of drug-likeness (QED) is 0.634. The Bertz CT molecular complexity index is 291. The molecule has 0 aliphatic heterocycles. The van der Waals surface area contributed by atoms with Gasteiger partial charge in [0.25, 0.3) is 0 Å². The first-order valence-electron chi connectivity index (χ1n) is 6.34. The molecule has 92 valence electrons. The smallest absolute Gasteiger partial charge is 0.141 e. The number of carbonyl (C=O) groups is 1. The van der Waals surface area contributed by atoms with Crippen molar-refractivity contribution < 1.29 is 4.79 Å². The normalized spacial score (nSPS) is 25.6. The molecule has 1 aliphatic carbocycles. The van der Waals surface area contributed by atoms with Crippen molar-refractivity contribution in [2.75, 3.05) is 0 Å². The maximum absolute atomic E-state index is 12.4. The van der Waals surface area contributed by atoms with Crippen LogP contribution in [-0.2, 0) is 4.79 Å². The fourth-order valence-corrected chi connectivity index (χ4v) is 2.90. The zero-order valence-corrected chi connectivity index (χ0v) is 11.5. The molecule has 0 amide bonds. The van der Waals surface area contributed by atoms with Crippen molar-refractivity contribution in [3.8, 4) is 0 Å². The molecule has 0 aromatic rings. The van der Waals surface area contributed by atoms with Gasteiger partial charge >= 0.3 is 0 Å². The van der Waals surface area contributed by atoms with Crippen molar-refractivity contribution in [3.05, 3.63) is 12.2 Å². The molecule has 1 rings (SSSR count). The summed E-state index contributed by atoms with van der Waals surface area (Å²) in [5.74, 6) is 0.475. The van der Waals surface area contributed by atoms with Gasteiger partial charge in [-0.15, -0.1) is 0 Å². The molecule has 1 saturated carbocycles. The van der Waals surface area contributed by atoms with Crippen LogP contribution in [0.25, 0.3) is 0 Å². The Labute approximate surface area is 100 Å². The molecular weight excluding hydrogens is 196 g/mol. The van der Waals surface area contributed by atoms with E-state index in [9.17, 15) is 4.79 Å².